The summed E-state index contributed by atoms with van der Waals surface area (Å²) in [5.74, 6) is 2.07. The number of fused-ring (bicyclic) bond motifs is 3. The summed E-state index contributed by atoms with van der Waals surface area (Å²) in [6, 6.07) is 12.2. The van der Waals surface area contributed by atoms with Crippen molar-refractivity contribution in [2.75, 3.05) is 37.8 Å². The molecule has 1 saturated carbocycles. The number of carbonyl (C=O) groups excluding carboxylic acids is 1. The van der Waals surface area contributed by atoms with Gasteiger partial charge in [-0.15, -0.1) is 0 Å². The highest BCUT2D eigenvalue weighted by atomic mass is 35.5. The number of benzene rings is 2. The minimum Gasteiger partial charge on any atom is -0.490 e. The third-order valence-electron chi connectivity index (χ3n) is 8.62. The van der Waals surface area contributed by atoms with Crippen molar-refractivity contribution in [1.82, 2.24) is 0 Å². The van der Waals surface area contributed by atoms with E-state index in [1.165, 1.54) is 24.0 Å². The normalized spacial score (nSPS) is 28.4. The topological polar surface area (TPSA) is 48.0 Å². The molecule has 0 radical (unpaired) electrons. The molecule has 35 heavy (non-hydrogen) atoms. The predicted molar refractivity (Wildman–Crippen MR) is 137 cm³/mol. The lowest BCUT2D eigenvalue weighted by Gasteiger charge is -2.45. The van der Waals surface area contributed by atoms with Gasteiger partial charge in [-0.25, -0.2) is 0 Å². The van der Waals surface area contributed by atoms with E-state index in [4.69, 9.17) is 25.8 Å². The number of aldehydes is 1. The van der Waals surface area contributed by atoms with Gasteiger partial charge in [-0.1, -0.05) is 17.7 Å². The van der Waals surface area contributed by atoms with E-state index in [0.717, 1.165) is 81.2 Å². The maximum absolute atomic E-state index is 11.6. The highest BCUT2D eigenvalue weighted by Gasteiger charge is 2.43. The van der Waals surface area contributed by atoms with Crippen LogP contribution in [0, 0.1) is 11.8 Å². The molecule has 2 aromatic rings. The zero-order valence-corrected chi connectivity index (χ0v) is 21.0. The lowest BCUT2D eigenvalue weighted by molar-refractivity contribution is -0.192. The number of carbonyl (C=O) groups is 1. The van der Waals surface area contributed by atoms with E-state index in [-0.39, 0.29) is 11.7 Å². The summed E-state index contributed by atoms with van der Waals surface area (Å²) in [6.07, 6.45) is 8.56. The lowest BCUT2D eigenvalue weighted by atomic mass is 9.69. The fourth-order valence-corrected chi connectivity index (χ4v) is 6.79. The number of anilines is 1. The fourth-order valence-electron chi connectivity index (χ4n) is 6.60. The molecule has 3 atom stereocenters. The molecule has 186 valence electrons. The molecule has 0 N–H and O–H groups in total. The van der Waals surface area contributed by atoms with E-state index in [2.05, 4.69) is 17.0 Å². The summed E-state index contributed by atoms with van der Waals surface area (Å²) in [5, 5.41) is 0.801. The summed E-state index contributed by atoms with van der Waals surface area (Å²) in [5.41, 5.74) is 4.37. The van der Waals surface area contributed by atoms with Crippen LogP contribution in [0.15, 0.2) is 36.4 Å². The van der Waals surface area contributed by atoms with E-state index in [1.807, 2.05) is 24.3 Å². The van der Waals surface area contributed by atoms with Crippen LogP contribution in [0.3, 0.4) is 0 Å². The molecule has 2 heterocycles. The molecule has 2 aliphatic carbocycles. The van der Waals surface area contributed by atoms with Gasteiger partial charge in [-0.05, 0) is 91.8 Å². The van der Waals surface area contributed by atoms with E-state index in [1.54, 1.807) is 0 Å². The van der Waals surface area contributed by atoms with Crippen molar-refractivity contribution in [3.05, 3.63) is 58.1 Å². The molecule has 2 unspecified atom stereocenters. The van der Waals surface area contributed by atoms with Gasteiger partial charge in [-0.2, -0.15) is 0 Å². The van der Waals surface area contributed by atoms with Crippen LogP contribution in [0.4, 0.5) is 5.69 Å². The minimum absolute atomic E-state index is 0.0562. The van der Waals surface area contributed by atoms with Gasteiger partial charge in [0.15, 0.2) is 6.29 Å². The van der Waals surface area contributed by atoms with E-state index >= 15 is 0 Å². The quantitative estimate of drug-likeness (QED) is 0.490. The van der Waals surface area contributed by atoms with Crippen LogP contribution >= 0.6 is 11.6 Å². The molecular formula is C29H34ClNO4. The first-order valence-electron chi connectivity index (χ1n) is 13.1. The van der Waals surface area contributed by atoms with Crippen molar-refractivity contribution in [3.8, 4) is 5.75 Å². The molecular weight excluding hydrogens is 462 g/mol. The van der Waals surface area contributed by atoms with Crippen LogP contribution in [0.2, 0.25) is 5.02 Å². The third-order valence-corrected chi connectivity index (χ3v) is 8.85. The predicted octanol–water partition coefficient (Wildman–Crippen LogP) is 5.80. The number of hydrogen-bond acceptors (Lipinski definition) is 5. The van der Waals surface area contributed by atoms with Gasteiger partial charge in [0.1, 0.15) is 12.0 Å². The maximum Gasteiger partial charge on any atom is 0.157 e. The first-order chi connectivity index (χ1) is 17.1. The summed E-state index contributed by atoms with van der Waals surface area (Å²) in [6.45, 7) is 4.10. The zero-order chi connectivity index (χ0) is 23.8. The van der Waals surface area contributed by atoms with E-state index in [0.29, 0.717) is 24.0 Å². The Labute approximate surface area is 212 Å². The van der Waals surface area contributed by atoms with E-state index in [9.17, 15) is 4.79 Å². The monoisotopic (exact) mass is 495 g/mol. The number of rotatable bonds is 5. The summed E-state index contributed by atoms with van der Waals surface area (Å²) in [4.78, 5) is 14.2. The molecule has 5 nitrogen and oxygen atoms in total. The SMILES string of the molecule is O=Cc1ccc2c(c1)N(CC1CCC1CC1OCCCO1)C[C@@]1(CCCc3cc(Cl)ccc31)CO2. The molecule has 2 aliphatic heterocycles. The molecule has 2 aromatic carbocycles. The van der Waals surface area contributed by atoms with Crippen LogP contribution in [-0.4, -0.2) is 45.5 Å². The Morgan fingerprint density at radius 1 is 1.06 bits per heavy atom. The van der Waals surface area contributed by atoms with Crippen LogP contribution in [-0.2, 0) is 21.3 Å². The van der Waals surface area contributed by atoms with Gasteiger partial charge >= 0.3 is 0 Å². The highest BCUT2D eigenvalue weighted by Crippen LogP contribution is 2.46. The van der Waals surface area contributed by atoms with E-state index < -0.39 is 0 Å². The van der Waals surface area contributed by atoms with Crippen LogP contribution in [0.25, 0.3) is 0 Å². The van der Waals surface area contributed by atoms with Crippen LogP contribution < -0.4 is 9.64 Å². The summed E-state index contributed by atoms with van der Waals surface area (Å²) >= 11 is 6.37. The third kappa shape index (κ3) is 4.59. The fraction of sp³-hybridized carbons (Fsp3) is 0.552. The number of hydrogen-bond donors (Lipinski definition) is 0. The number of nitrogens with zero attached hydrogens (tertiary/aromatic N) is 1. The Kier molecular flexibility index (Phi) is 6.50. The van der Waals surface area contributed by atoms with Crippen molar-refractivity contribution in [2.45, 2.75) is 56.7 Å². The average Bonchev–Trinajstić information content (AvgIpc) is 3.03. The lowest BCUT2D eigenvalue weighted by Crippen LogP contribution is -2.48. The summed E-state index contributed by atoms with van der Waals surface area (Å²) < 4.78 is 18.2. The Morgan fingerprint density at radius 3 is 2.71 bits per heavy atom. The van der Waals surface area contributed by atoms with Crippen molar-refractivity contribution in [3.63, 3.8) is 0 Å². The molecule has 6 heteroatoms. The first-order valence-corrected chi connectivity index (χ1v) is 13.5. The second kappa shape index (κ2) is 9.76. The molecule has 4 aliphatic rings. The number of aryl methyl sites for hydroxylation is 1. The van der Waals surface area contributed by atoms with Crippen molar-refractivity contribution >= 4 is 23.6 Å². The highest BCUT2D eigenvalue weighted by molar-refractivity contribution is 6.30. The zero-order valence-electron chi connectivity index (χ0n) is 20.2. The van der Waals surface area contributed by atoms with Crippen molar-refractivity contribution < 1.29 is 19.0 Å². The maximum atomic E-state index is 11.6. The Hall–Kier alpha value is -2.08. The van der Waals surface area contributed by atoms with Crippen molar-refractivity contribution in [1.29, 1.82) is 0 Å². The average molecular weight is 496 g/mol. The van der Waals surface area contributed by atoms with Gasteiger partial charge < -0.3 is 19.1 Å². The van der Waals surface area contributed by atoms with Gasteiger partial charge in [0.2, 0.25) is 0 Å². The largest absolute Gasteiger partial charge is 0.490 e. The molecule has 0 aromatic heterocycles. The summed E-state index contributed by atoms with van der Waals surface area (Å²) in [7, 11) is 0. The van der Waals surface area contributed by atoms with Gasteiger partial charge in [-0.3, -0.25) is 4.79 Å². The second-order valence-corrected chi connectivity index (χ2v) is 11.2. The number of halogens is 1. The first kappa shape index (κ1) is 23.3. The van der Waals surface area contributed by atoms with Crippen LogP contribution in [0.5, 0.6) is 5.75 Å². The molecule has 0 amide bonds. The smallest absolute Gasteiger partial charge is 0.157 e. The standard InChI is InChI=1S/C29H34ClNO4/c30-24-7-8-25-22(14-24)3-1-10-29(25)18-31(26-13-20(17-32)4-9-27(26)35-19-29)16-23-6-5-21(23)15-28-33-11-2-12-34-28/h4,7-9,13-14,17,21,23,28H,1-3,5-6,10-12,15-16,18-19H2/t21?,23?,29-/m0/s1. The molecule has 0 bridgehead atoms. The molecule has 2 fully saturated rings. The Bertz CT molecular complexity index is 1080. The van der Waals surface area contributed by atoms with Gasteiger partial charge in [0.25, 0.3) is 0 Å². The van der Waals surface area contributed by atoms with Crippen LogP contribution in [0.1, 0.15) is 60.0 Å². The Balaban J connectivity index is 1.30. The van der Waals surface area contributed by atoms with Gasteiger partial charge in [0, 0.05) is 35.5 Å². The van der Waals surface area contributed by atoms with Crippen molar-refractivity contribution in [2.24, 2.45) is 11.8 Å². The second-order valence-electron chi connectivity index (χ2n) is 10.8. The Morgan fingerprint density at radius 2 is 1.91 bits per heavy atom. The molecule has 1 spiro atoms. The molecule has 1 saturated heterocycles. The molecule has 6 rings (SSSR count). The minimum atomic E-state index is -0.0899. The van der Waals surface area contributed by atoms with Gasteiger partial charge in [0.05, 0.1) is 25.5 Å². The number of ether oxygens (including phenoxy) is 3.